The number of nitrogens with one attached hydrogen (secondary N) is 2. The van der Waals surface area contributed by atoms with Gasteiger partial charge in [0.05, 0.1) is 18.8 Å². The molecule has 0 aromatic carbocycles. The second-order valence-corrected chi connectivity index (χ2v) is 4.96. The van der Waals surface area contributed by atoms with Gasteiger partial charge >= 0.3 is 0 Å². The topological polar surface area (TPSA) is 89.2 Å². The summed E-state index contributed by atoms with van der Waals surface area (Å²) in [6, 6.07) is 5.33. The lowest BCUT2D eigenvalue weighted by molar-refractivity contribution is -0.120. The molecule has 7 nitrogen and oxygen atoms in total. The second kappa shape index (κ2) is 6.93. The first-order valence-corrected chi connectivity index (χ1v) is 7.14. The van der Waals surface area contributed by atoms with Gasteiger partial charge in [-0.15, -0.1) is 0 Å². The van der Waals surface area contributed by atoms with Gasteiger partial charge in [0.25, 0.3) is 5.91 Å². The number of furan rings is 1. The van der Waals surface area contributed by atoms with Gasteiger partial charge < -0.3 is 15.1 Å². The highest BCUT2D eigenvalue weighted by atomic mass is 16.3. The average Bonchev–Trinajstić information content (AvgIpc) is 3.08. The van der Waals surface area contributed by atoms with Crippen LogP contribution < -0.4 is 10.6 Å². The Morgan fingerprint density at radius 2 is 2.05 bits per heavy atom. The van der Waals surface area contributed by atoms with Gasteiger partial charge in [0, 0.05) is 6.54 Å². The molecule has 0 radical (unpaired) electrons. The van der Waals surface area contributed by atoms with E-state index >= 15 is 0 Å². The van der Waals surface area contributed by atoms with Crippen LogP contribution in [0.4, 0.5) is 0 Å². The molecule has 0 atom stereocenters. The van der Waals surface area contributed by atoms with Crippen molar-refractivity contribution in [1.82, 2.24) is 20.4 Å². The van der Waals surface area contributed by atoms with Crippen molar-refractivity contribution in [2.75, 3.05) is 6.54 Å². The van der Waals surface area contributed by atoms with E-state index < -0.39 is 0 Å². The second-order valence-electron chi connectivity index (χ2n) is 4.96. The Labute approximate surface area is 128 Å². The number of rotatable bonds is 6. The average molecular weight is 304 g/mol. The van der Waals surface area contributed by atoms with Crippen molar-refractivity contribution in [3.05, 3.63) is 41.1 Å². The molecular formula is C15H20N4O3. The lowest BCUT2D eigenvalue weighted by Crippen LogP contribution is -2.37. The maximum absolute atomic E-state index is 12.0. The molecule has 0 aliphatic carbocycles. The first-order chi connectivity index (χ1) is 10.5. The summed E-state index contributed by atoms with van der Waals surface area (Å²) in [6.07, 6.45) is 0. The zero-order valence-corrected chi connectivity index (χ0v) is 13.0. The van der Waals surface area contributed by atoms with Gasteiger partial charge in [0.15, 0.2) is 0 Å². The number of nitrogens with zero attached hydrogens (tertiary/aromatic N) is 2. The quantitative estimate of drug-likeness (QED) is 0.838. The van der Waals surface area contributed by atoms with Crippen molar-refractivity contribution in [2.45, 2.75) is 33.9 Å². The predicted molar refractivity (Wildman–Crippen MR) is 80.3 cm³/mol. The molecule has 0 saturated heterocycles. The number of hydrogen-bond donors (Lipinski definition) is 2. The first-order valence-electron chi connectivity index (χ1n) is 7.14. The molecule has 2 heterocycles. The molecule has 2 rings (SSSR count). The zero-order valence-electron chi connectivity index (χ0n) is 13.0. The van der Waals surface area contributed by atoms with Crippen LogP contribution in [0, 0.1) is 13.8 Å². The fourth-order valence-electron chi connectivity index (χ4n) is 2.05. The van der Waals surface area contributed by atoms with E-state index in [1.165, 1.54) is 0 Å². The van der Waals surface area contributed by atoms with Gasteiger partial charge in [-0.3, -0.25) is 14.3 Å². The highest BCUT2D eigenvalue weighted by molar-refractivity contribution is 5.95. The monoisotopic (exact) mass is 304 g/mol. The predicted octanol–water partition coefficient (Wildman–Crippen LogP) is 1.16. The minimum absolute atomic E-state index is 0.0908. The van der Waals surface area contributed by atoms with Crippen molar-refractivity contribution >= 4 is 11.8 Å². The third-order valence-electron chi connectivity index (χ3n) is 3.10. The summed E-state index contributed by atoms with van der Waals surface area (Å²) in [5.41, 5.74) is 1.22. The zero-order chi connectivity index (χ0) is 16.1. The van der Waals surface area contributed by atoms with E-state index in [0.29, 0.717) is 24.5 Å². The van der Waals surface area contributed by atoms with E-state index in [1.807, 2.05) is 26.8 Å². The molecule has 118 valence electrons. The first kappa shape index (κ1) is 15.8. The Hall–Kier alpha value is -2.57. The van der Waals surface area contributed by atoms with E-state index in [-0.39, 0.29) is 18.4 Å². The van der Waals surface area contributed by atoms with E-state index in [1.54, 1.807) is 16.8 Å². The van der Waals surface area contributed by atoms with E-state index in [0.717, 1.165) is 11.5 Å². The maximum Gasteiger partial charge on any atom is 0.269 e. The highest BCUT2D eigenvalue weighted by Gasteiger charge is 2.14. The van der Waals surface area contributed by atoms with Gasteiger partial charge in [-0.2, -0.15) is 5.10 Å². The fourth-order valence-corrected chi connectivity index (χ4v) is 2.05. The summed E-state index contributed by atoms with van der Waals surface area (Å²) >= 11 is 0. The van der Waals surface area contributed by atoms with Crippen LogP contribution in [-0.2, 0) is 17.9 Å². The fraction of sp³-hybridized carbons (Fsp3) is 0.400. The van der Waals surface area contributed by atoms with Crippen LogP contribution in [0.5, 0.6) is 0 Å². The molecule has 2 aromatic heterocycles. The molecule has 0 spiro atoms. The van der Waals surface area contributed by atoms with Crippen molar-refractivity contribution in [2.24, 2.45) is 0 Å². The van der Waals surface area contributed by atoms with Crippen LogP contribution in [0.15, 0.2) is 22.6 Å². The van der Waals surface area contributed by atoms with Crippen molar-refractivity contribution < 1.29 is 14.0 Å². The standard InChI is InChI=1S/C15H20N4O3/c1-4-19-13(7-10(2)18-19)15(21)17-9-14(20)16-8-12-6-5-11(3)22-12/h5-7H,4,8-9H2,1-3H3,(H,16,20)(H,17,21). The summed E-state index contributed by atoms with van der Waals surface area (Å²) < 4.78 is 6.95. The molecule has 2 N–H and O–H groups in total. The lowest BCUT2D eigenvalue weighted by Gasteiger charge is -2.07. The van der Waals surface area contributed by atoms with Gasteiger partial charge in [-0.1, -0.05) is 0 Å². The minimum atomic E-state index is -0.313. The van der Waals surface area contributed by atoms with Crippen LogP contribution >= 0.6 is 0 Å². The van der Waals surface area contributed by atoms with Gasteiger partial charge in [0.1, 0.15) is 17.2 Å². The SMILES string of the molecule is CCn1nc(C)cc1C(=O)NCC(=O)NCc1ccc(C)o1. The van der Waals surface area contributed by atoms with Crippen molar-refractivity contribution in [3.8, 4) is 0 Å². The molecule has 0 saturated carbocycles. The largest absolute Gasteiger partial charge is 0.465 e. The molecule has 0 bridgehead atoms. The number of carbonyl (C=O) groups excluding carboxylic acids is 2. The van der Waals surface area contributed by atoms with Crippen LogP contribution in [0.3, 0.4) is 0 Å². The number of carbonyl (C=O) groups is 2. The third kappa shape index (κ3) is 3.97. The Morgan fingerprint density at radius 1 is 1.27 bits per heavy atom. The lowest BCUT2D eigenvalue weighted by atomic mass is 10.3. The van der Waals surface area contributed by atoms with Crippen LogP contribution in [-0.4, -0.2) is 28.1 Å². The Balaban J connectivity index is 1.81. The summed E-state index contributed by atoms with van der Waals surface area (Å²) in [7, 11) is 0. The summed E-state index contributed by atoms with van der Waals surface area (Å²) in [5.74, 6) is 0.880. The number of aryl methyl sites for hydroxylation is 3. The highest BCUT2D eigenvalue weighted by Crippen LogP contribution is 2.05. The van der Waals surface area contributed by atoms with Crippen molar-refractivity contribution in [1.29, 1.82) is 0 Å². The molecule has 0 aliphatic rings. The smallest absolute Gasteiger partial charge is 0.269 e. The maximum atomic E-state index is 12.0. The molecule has 0 fully saturated rings. The molecule has 2 amide bonds. The molecule has 2 aromatic rings. The van der Waals surface area contributed by atoms with Crippen LogP contribution in [0.2, 0.25) is 0 Å². The number of aromatic nitrogens is 2. The van der Waals surface area contributed by atoms with Crippen LogP contribution in [0.25, 0.3) is 0 Å². The number of amides is 2. The molecule has 7 heteroatoms. The summed E-state index contributed by atoms with van der Waals surface area (Å²) in [4.78, 5) is 23.8. The van der Waals surface area contributed by atoms with Crippen LogP contribution in [0.1, 0.15) is 34.6 Å². The van der Waals surface area contributed by atoms with Gasteiger partial charge in [0.2, 0.25) is 5.91 Å². The Kier molecular flexibility index (Phi) is 4.98. The third-order valence-corrected chi connectivity index (χ3v) is 3.10. The van der Waals surface area contributed by atoms with Gasteiger partial charge in [-0.25, -0.2) is 0 Å². The van der Waals surface area contributed by atoms with E-state index in [4.69, 9.17) is 4.42 Å². The Morgan fingerprint density at radius 3 is 2.68 bits per heavy atom. The summed E-state index contributed by atoms with van der Waals surface area (Å²) in [5, 5.41) is 9.47. The van der Waals surface area contributed by atoms with E-state index in [9.17, 15) is 9.59 Å². The Bertz CT molecular complexity index is 672. The molecule has 0 aliphatic heterocycles. The minimum Gasteiger partial charge on any atom is -0.465 e. The number of hydrogen-bond acceptors (Lipinski definition) is 4. The normalized spacial score (nSPS) is 10.5. The molecule has 22 heavy (non-hydrogen) atoms. The van der Waals surface area contributed by atoms with E-state index in [2.05, 4.69) is 15.7 Å². The summed E-state index contributed by atoms with van der Waals surface area (Å²) in [6.45, 7) is 6.37. The van der Waals surface area contributed by atoms with Crippen molar-refractivity contribution in [3.63, 3.8) is 0 Å². The molecule has 0 unspecified atom stereocenters. The molecular weight excluding hydrogens is 284 g/mol. The van der Waals surface area contributed by atoms with Gasteiger partial charge in [-0.05, 0) is 39.0 Å².